The summed E-state index contributed by atoms with van der Waals surface area (Å²) in [7, 11) is 3.21. The fourth-order valence-electron chi connectivity index (χ4n) is 3.67. The zero-order valence-electron chi connectivity index (χ0n) is 17.5. The Kier molecular flexibility index (Phi) is 5.61. The first-order valence-corrected chi connectivity index (χ1v) is 10.1. The number of piperidine rings is 1. The van der Waals surface area contributed by atoms with Gasteiger partial charge in [-0.3, -0.25) is 13.9 Å². The maximum atomic E-state index is 13.3. The molecular weight excluding hydrogens is 382 g/mol. The Hall–Kier alpha value is -3.47. The van der Waals surface area contributed by atoms with Gasteiger partial charge in [0.25, 0.3) is 5.56 Å². The molecule has 0 saturated carbocycles. The van der Waals surface area contributed by atoms with E-state index in [1.165, 1.54) is 11.0 Å². The molecular formula is C22H25N5O3. The highest BCUT2D eigenvalue weighted by molar-refractivity contribution is 5.75. The van der Waals surface area contributed by atoms with Gasteiger partial charge >= 0.3 is 6.01 Å². The molecule has 1 aliphatic rings. The molecule has 8 heteroatoms. The van der Waals surface area contributed by atoms with Crippen molar-refractivity contribution in [1.29, 1.82) is 0 Å². The summed E-state index contributed by atoms with van der Waals surface area (Å²) in [5.41, 5.74) is 0.577. The summed E-state index contributed by atoms with van der Waals surface area (Å²) < 4.78 is 14.5. The molecule has 30 heavy (non-hydrogen) atoms. The lowest BCUT2D eigenvalue weighted by atomic mass is 10.1. The van der Waals surface area contributed by atoms with Crippen LogP contribution in [0.4, 0.5) is 5.95 Å². The number of anilines is 1. The molecule has 1 fully saturated rings. The van der Waals surface area contributed by atoms with E-state index in [1.807, 2.05) is 16.7 Å². The standard InChI is InChI=1S/C22H25N5O3/c1-4-5-15-27-18-19(23-21(27)26-13-9-6-10-14-26)24-22(25(2)20(18)28)30-17-12-8-7-11-16(17)29-3/h7-8,11-12H,6,9-10,13-15H2,1-3H3. The molecule has 0 unspecified atom stereocenters. The second-order valence-corrected chi connectivity index (χ2v) is 7.16. The monoisotopic (exact) mass is 407 g/mol. The minimum atomic E-state index is -0.224. The van der Waals surface area contributed by atoms with E-state index in [9.17, 15) is 4.79 Å². The molecule has 0 atom stereocenters. The molecule has 1 aromatic carbocycles. The first kappa shape index (κ1) is 19.8. The highest BCUT2D eigenvalue weighted by Crippen LogP contribution is 2.30. The third-order valence-corrected chi connectivity index (χ3v) is 5.25. The van der Waals surface area contributed by atoms with Gasteiger partial charge in [0.1, 0.15) is 0 Å². The van der Waals surface area contributed by atoms with Crippen LogP contribution in [0.1, 0.15) is 26.2 Å². The fourth-order valence-corrected chi connectivity index (χ4v) is 3.67. The largest absolute Gasteiger partial charge is 0.493 e. The van der Waals surface area contributed by atoms with Crippen LogP contribution < -0.4 is 19.9 Å². The van der Waals surface area contributed by atoms with Gasteiger partial charge < -0.3 is 14.4 Å². The predicted molar refractivity (Wildman–Crippen MR) is 115 cm³/mol. The first-order valence-electron chi connectivity index (χ1n) is 10.1. The average molecular weight is 407 g/mol. The first-order chi connectivity index (χ1) is 14.6. The van der Waals surface area contributed by atoms with Crippen LogP contribution in [0.2, 0.25) is 0 Å². The van der Waals surface area contributed by atoms with Crippen molar-refractivity contribution in [3.8, 4) is 29.4 Å². The quantitative estimate of drug-likeness (QED) is 0.606. The van der Waals surface area contributed by atoms with Gasteiger partial charge in [-0.05, 0) is 38.3 Å². The molecule has 2 aromatic heterocycles. The Morgan fingerprint density at radius 3 is 2.53 bits per heavy atom. The number of benzene rings is 1. The van der Waals surface area contributed by atoms with Crippen molar-refractivity contribution in [2.45, 2.75) is 32.7 Å². The number of methoxy groups -OCH3 is 1. The normalized spacial score (nSPS) is 13.8. The Morgan fingerprint density at radius 1 is 1.10 bits per heavy atom. The van der Waals surface area contributed by atoms with E-state index in [1.54, 1.807) is 33.2 Å². The van der Waals surface area contributed by atoms with Gasteiger partial charge in [0.15, 0.2) is 22.7 Å². The Labute approximate surface area is 175 Å². The summed E-state index contributed by atoms with van der Waals surface area (Å²) in [6.45, 7) is 4.00. The molecule has 8 nitrogen and oxygen atoms in total. The number of rotatable bonds is 5. The Morgan fingerprint density at radius 2 is 1.83 bits per heavy atom. The molecule has 0 amide bonds. The fraction of sp³-hybridized carbons (Fsp3) is 0.409. The van der Waals surface area contributed by atoms with E-state index in [4.69, 9.17) is 14.5 Å². The van der Waals surface area contributed by atoms with Gasteiger partial charge in [0.05, 0.1) is 13.7 Å². The second-order valence-electron chi connectivity index (χ2n) is 7.16. The SMILES string of the molecule is CC#CCn1c(N2CCCCC2)nc2nc(Oc3ccccc3OC)n(C)c(=O)c21. The van der Waals surface area contributed by atoms with Crippen LogP contribution in [0.15, 0.2) is 29.1 Å². The molecule has 0 N–H and O–H groups in total. The van der Waals surface area contributed by atoms with Gasteiger partial charge in [-0.2, -0.15) is 9.97 Å². The van der Waals surface area contributed by atoms with Crippen molar-refractivity contribution in [2.75, 3.05) is 25.1 Å². The maximum absolute atomic E-state index is 13.3. The van der Waals surface area contributed by atoms with Gasteiger partial charge in [0.2, 0.25) is 5.95 Å². The molecule has 1 saturated heterocycles. The molecule has 0 radical (unpaired) electrons. The van der Waals surface area contributed by atoms with Crippen LogP contribution in [-0.2, 0) is 13.6 Å². The zero-order chi connectivity index (χ0) is 21.1. The minimum Gasteiger partial charge on any atom is -0.493 e. The number of aromatic nitrogens is 4. The van der Waals surface area contributed by atoms with E-state index < -0.39 is 0 Å². The lowest BCUT2D eigenvalue weighted by Crippen LogP contribution is -2.32. The third kappa shape index (κ3) is 3.59. The lowest BCUT2D eigenvalue weighted by molar-refractivity contribution is 0.359. The summed E-state index contributed by atoms with van der Waals surface area (Å²) in [6.07, 6.45) is 3.43. The van der Waals surface area contributed by atoms with Crippen molar-refractivity contribution >= 4 is 17.1 Å². The molecule has 0 spiro atoms. The van der Waals surface area contributed by atoms with Crippen LogP contribution in [0.3, 0.4) is 0 Å². The summed E-state index contributed by atoms with van der Waals surface area (Å²) in [4.78, 5) is 24.8. The molecule has 0 bridgehead atoms. The smallest absolute Gasteiger partial charge is 0.306 e. The molecule has 0 aliphatic carbocycles. The van der Waals surface area contributed by atoms with E-state index in [0.29, 0.717) is 29.2 Å². The maximum Gasteiger partial charge on any atom is 0.306 e. The Balaban J connectivity index is 1.84. The topological polar surface area (TPSA) is 74.4 Å². The molecule has 4 rings (SSSR count). The predicted octanol–water partition coefficient (Wildman–Crippen LogP) is 2.94. The average Bonchev–Trinajstić information content (AvgIpc) is 3.15. The van der Waals surface area contributed by atoms with Crippen molar-refractivity contribution in [3.63, 3.8) is 0 Å². The highest BCUT2D eigenvalue weighted by Gasteiger charge is 2.23. The van der Waals surface area contributed by atoms with Crippen molar-refractivity contribution in [2.24, 2.45) is 7.05 Å². The number of ether oxygens (including phenoxy) is 2. The number of fused-ring (bicyclic) bond motifs is 1. The van der Waals surface area contributed by atoms with Crippen LogP contribution in [-0.4, -0.2) is 39.3 Å². The van der Waals surface area contributed by atoms with Crippen LogP contribution in [0.5, 0.6) is 17.5 Å². The summed E-state index contributed by atoms with van der Waals surface area (Å²) in [6, 6.07) is 7.40. The molecule has 3 heterocycles. The van der Waals surface area contributed by atoms with E-state index >= 15 is 0 Å². The minimum absolute atomic E-state index is 0.161. The highest BCUT2D eigenvalue weighted by atomic mass is 16.5. The summed E-state index contributed by atoms with van der Waals surface area (Å²) >= 11 is 0. The van der Waals surface area contributed by atoms with Gasteiger partial charge in [-0.15, -0.1) is 5.92 Å². The van der Waals surface area contributed by atoms with Crippen molar-refractivity contribution in [3.05, 3.63) is 34.6 Å². The molecule has 3 aromatic rings. The molecule has 156 valence electrons. The lowest BCUT2D eigenvalue weighted by Gasteiger charge is -2.27. The van der Waals surface area contributed by atoms with Crippen molar-refractivity contribution in [1.82, 2.24) is 19.1 Å². The number of hydrogen-bond donors (Lipinski definition) is 0. The number of hydrogen-bond acceptors (Lipinski definition) is 6. The third-order valence-electron chi connectivity index (χ3n) is 5.25. The Bertz CT molecular complexity index is 1180. The van der Waals surface area contributed by atoms with Crippen LogP contribution in [0.25, 0.3) is 11.2 Å². The number of imidazole rings is 1. The van der Waals surface area contributed by atoms with Crippen LogP contribution in [0, 0.1) is 11.8 Å². The van der Waals surface area contributed by atoms with Gasteiger partial charge in [-0.1, -0.05) is 18.1 Å². The van der Waals surface area contributed by atoms with Crippen LogP contribution >= 0.6 is 0 Å². The summed E-state index contributed by atoms with van der Waals surface area (Å²) in [5, 5.41) is 0. The van der Waals surface area contributed by atoms with E-state index in [0.717, 1.165) is 31.9 Å². The van der Waals surface area contributed by atoms with Crippen molar-refractivity contribution < 1.29 is 9.47 Å². The number of nitrogens with zero attached hydrogens (tertiary/aromatic N) is 5. The zero-order valence-corrected chi connectivity index (χ0v) is 17.5. The van der Waals surface area contributed by atoms with E-state index in [2.05, 4.69) is 21.7 Å². The number of para-hydroxylation sites is 2. The van der Waals surface area contributed by atoms with Gasteiger partial charge in [0, 0.05) is 20.1 Å². The summed E-state index contributed by atoms with van der Waals surface area (Å²) in [5.74, 6) is 7.75. The van der Waals surface area contributed by atoms with E-state index in [-0.39, 0.29) is 11.6 Å². The molecule has 1 aliphatic heterocycles. The van der Waals surface area contributed by atoms with Gasteiger partial charge in [-0.25, -0.2) is 0 Å². The second kappa shape index (κ2) is 8.49.